The Labute approximate surface area is 131 Å². The van der Waals surface area contributed by atoms with Gasteiger partial charge in [0.2, 0.25) is 0 Å². The molecule has 3 rings (SSSR count). The van der Waals surface area contributed by atoms with Crippen molar-refractivity contribution in [2.24, 2.45) is 11.8 Å². The molecule has 2 atom stereocenters. The fraction of sp³-hybridized carbons (Fsp3) is 0.588. The summed E-state index contributed by atoms with van der Waals surface area (Å²) >= 11 is 0. The standard InChI is InChI=1S/C17H24N2O3/c1-12-7-13(2)10-19(9-12)11-17(20)18-14-3-4-15-16(8-14)22-6-5-21-15/h3-4,8,12-13H,5-7,9-11H2,1-2H3,(H,18,20)/p+1/t12-,13-/m1/s1. The SMILES string of the molecule is C[C@@H]1C[C@@H](C)C[NH+](CC(=O)Nc2ccc3c(c2)OCCO3)C1. The molecule has 0 unspecified atom stereocenters. The molecule has 2 N–H and O–H groups in total. The number of fused-ring (bicyclic) bond motifs is 1. The summed E-state index contributed by atoms with van der Waals surface area (Å²) < 4.78 is 11.0. The molecule has 5 nitrogen and oxygen atoms in total. The first-order valence-electron chi connectivity index (χ1n) is 8.13. The lowest BCUT2D eigenvalue weighted by atomic mass is 9.92. The molecule has 1 saturated heterocycles. The molecule has 22 heavy (non-hydrogen) atoms. The zero-order chi connectivity index (χ0) is 15.5. The Morgan fingerprint density at radius 1 is 1.18 bits per heavy atom. The minimum atomic E-state index is 0.0629. The molecule has 2 heterocycles. The van der Waals surface area contributed by atoms with Gasteiger partial charge in [-0.05, 0) is 18.6 Å². The first kappa shape index (κ1) is 15.2. The monoisotopic (exact) mass is 305 g/mol. The van der Waals surface area contributed by atoms with E-state index in [0.717, 1.165) is 24.5 Å². The molecule has 0 aliphatic carbocycles. The van der Waals surface area contributed by atoms with E-state index in [1.807, 2.05) is 18.2 Å². The highest BCUT2D eigenvalue weighted by molar-refractivity contribution is 5.91. The van der Waals surface area contributed by atoms with Crippen molar-refractivity contribution >= 4 is 11.6 Å². The predicted molar refractivity (Wildman–Crippen MR) is 84.6 cm³/mol. The van der Waals surface area contributed by atoms with Crippen LogP contribution < -0.4 is 19.7 Å². The second kappa shape index (κ2) is 6.57. The van der Waals surface area contributed by atoms with E-state index in [2.05, 4.69) is 19.2 Å². The van der Waals surface area contributed by atoms with Gasteiger partial charge in [-0.2, -0.15) is 0 Å². The van der Waals surface area contributed by atoms with E-state index >= 15 is 0 Å². The highest BCUT2D eigenvalue weighted by Crippen LogP contribution is 2.32. The average molecular weight is 305 g/mol. The smallest absolute Gasteiger partial charge is 0.279 e. The number of nitrogens with one attached hydrogen (secondary N) is 2. The van der Waals surface area contributed by atoms with E-state index < -0.39 is 0 Å². The summed E-state index contributed by atoms with van der Waals surface area (Å²) in [7, 11) is 0. The summed E-state index contributed by atoms with van der Waals surface area (Å²) in [4.78, 5) is 13.6. The Morgan fingerprint density at radius 3 is 2.59 bits per heavy atom. The maximum absolute atomic E-state index is 12.3. The number of anilines is 1. The van der Waals surface area contributed by atoms with Crippen LogP contribution in [0.25, 0.3) is 0 Å². The fourth-order valence-corrected chi connectivity index (χ4v) is 3.62. The highest BCUT2D eigenvalue weighted by atomic mass is 16.6. The van der Waals surface area contributed by atoms with E-state index in [-0.39, 0.29) is 5.91 Å². The molecular weight excluding hydrogens is 280 g/mol. The van der Waals surface area contributed by atoms with Crippen LogP contribution in [-0.2, 0) is 4.79 Å². The first-order valence-corrected chi connectivity index (χ1v) is 8.13. The number of hydrogen-bond acceptors (Lipinski definition) is 3. The van der Waals surface area contributed by atoms with Crippen LogP contribution in [0.5, 0.6) is 11.5 Å². The van der Waals surface area contributed by atoms with Crippen molar-refractivity contribution in [3.8, 4) is 11.5 Å². The molecule has 1 fully saturated rings. The van der Waals surface area contributed by atoms with Crippen LogP contribution in [0.4, 0.5) is 5.69 Å². The number of carbonyl (C=O) groups is 1. The summed E-state index contributed by atoms with van der Waals surface area (Å²) in [6.07, 6.45) is 1.27. The number of rotatable bonds is 3. The van der Waals surface area contributed by atoms with Crippen LogP contribution in [0.2, 0.25) is 0 Å². The zero-order valence-corrected chi connectivity index (χ0v) is 13.4. The summed E-state index contributed by atoms with van der Waals surface area (Å²) in [5.41, 5.74) is 0.770. The number of amides is 1. The Balaban J connectivity index is 1.57. The summed E-state index contributed by atoms with van der Waals surface area (Å²) in [6.45, 7) is 8.37. The minimum absolute atomic E-state index is 0.0629. The normalized spacial score (nSPS) is 27.3. The second-order valence-corrected chi connectivity index (χ2v) is 6.69. The molecule has 120 valence electrons. The molecule has 0 spiro atoms. The number of likely N-dealkylation sites (tertiary alicyclic amines) is 1. The third kappa shape index (κ3) is 3.71. The van der Waals surface area contributed by atoms with Crippen molar-refractivity contribution in [1.82, 2.24) is 0 Å². The Kier molecular flexibility index (Phi) is 4.52. The van der Waals surface area contributed by atoms with Gasteiger partial charge in [-0.15, -0.1) is 0 Å². The molecule has 1 amide bonds. The molecule has 2 aliphatic rings. The Hall–Kier alpha value is -1.75. The molecule has 0 saturated carbocycles. The lowest BCUT2D eigenvalue weighted by Gasteiger charge is -2.31. The van der Waals surface area contributed by atoms with Crippen molar-refractivity contribution < 1.29 is 19.2 Å². The van der Waals surface area contributed by atoms with Gasteiger partial charge in [0.05, 0.1) is 13.1 Å². The maximum Gasteiger partial charge on any atom is 0.279 e. The topological polar surface area (TPSA) is 52.0 Å². The van der Waals surface area contributed by atoms with E-state index in [4.69, 9.17) is 9.47 Å². The van der Waals surface area contributed by atoms with Gasteiger partial charge in [-0.25, -0.2) is 0 Å². The lowest BCUT2D eigenvalue weighted by Crippen LogP contribution is -3.15. The predicted octanol–water partition coefficient (Wildman–Crippen LogP) is 0.957. The van der Waals surface area contributed by atoms with Crippen molar-refractivity contribution in [1.29, 1.82) is 0 Å². The van der Waals surface area contributed by atoms with Gasteiger partial charge in [0.15, 0.2) is 18.0 Å². The van der Waals surface area contributed by atoms with Crippen molar-refractivity contribution in [3.05, 3.63) is 18.2 Å². The fourth-order valence-electron chi connectivity index (χ4n) is 3.62. The van der Waals surface area contributed by atoms with E-state index in [9.17, 15) is 4.79 Å². The highest BCUT2D eigenvalue weighted by Gasteiger charge is 2.26. The average Bonchev–Trinajstić information content (AvgIpc) is 2.45. The van der Waals surface area contributed by atoms with Gasteiger partial charge in [-0.1, -0.05) is 13.8 Å². The Bertz CT molecular complexity index is 537. The zero-order valence-electron chi connectivity index (χ0n) is 13.4. The molecule has 0 radical (unpaired) electrons. The molecule has 0 aromatic heterocycles. The van der Waals surface area contributed by atoms with Gasteiger partial charge in [-0.3, -0.25) is 4.79 Å². The van der Waals surface area contributed by atoms with Gasteiger partial charge in [0.1, 0.15) is 13.2 Å². The summed E-state index contributed by atoms with van der Waals surface area (Å²) in [6, 6.07) is 5.55. The maximum atomic E-state index is 12.3. The number of hydrogen-bond donors (Lipinski definition) is 2. The lowest BCUT2D eigenvalue weighted by molar-refractivity contribution is -0.904. The van der Waals surface area contributed by atoms with Crippen molar-refractivity contribution in [3.63, 3.8) is 0 Å². The van der Waals surface area contributed by atoms with Crippen LogP contribution in [0.3, 0.4) is 0 Å². The molecule has 1 aromatic rings. The third-order valence-electron chi connectivity index (χ3n) is 4.32. The number of piperidine rings is 1. The summed E-state index contributed by atoms with van der Waals surface area (Å²) in [5.74, 6) is 2.90. The number of ether oxygens (including phenoxy) is 2. The van der Waals surface area contributed by atoms with Gasteiger partial charge >= 0.3 is 0 Å². The van der Waals surface area contributed by atoms with Crippen LogP contribution in [0, 0.1) is 11.8 Å². The summed E-state index contributed by atoms with van der Waals surface area (Å²) in [5, 5.41) is 2.97. The third-order valence-corrected chi connectivity index (χ3v) is 4.32. The van der Waals surface area contributed by atoms with E-state index in [1.54, 1.807) is 0 Å². The van der Waals surface area contributed by atoms with Crippen molar-refractivity contribution in [2.45, 2.75) is 20.3 Å². The minimum Gasteiger partial charge on any atom is -0.486 e. The largest absolute Gasteiger partial charge is 0.486 e. The quantitative estimate of drug-likeness (QED) is 0.874. The van der Waals surface area contributed by atoms with Crippen LogP contribution in [-0.4, -0.2) is 38.8 Å². The number of quaternary nitrogens is 1. The Morgan fingerprint density at radius 2 is 1.86 bits per heavy atom. The van der Waals surface area contributed by atoms with Gasteiger partial charge in [0, 0.05) is 23.6 Å². The van der Waals surface area contributed by atoms with E-state index in [1.165, 1.54) is 11.3 Å². The van der Waals surface area contributed by atoms with Crippen molar-refractivity contribution in [2.75, 3.05) is 38.2 Å². The molecule has 1 aromatic carbocycles. The van der Waals surface area contributed by atoms with Crippen LogP contribution in [0.15, 0.2) is 18.2 Å². The van der Waals surface area contributed by atoms with Crippen LogP contribution in [0.1, 0.15) is 20.3 Å². The van der Waals surface area contributed by atoms with Gasteiger partial charge < -0.3 is 19.7 Å². The molecule has 2 aliphatic heterocycles. The number of benzene rings is 1. The van der Waals surface area contributed by atoms with Crippen LogP contribution >= 0.6 is 0 Å². The molecule has 0 bridgehead atoms. The number of carbonyl (C=O) groups excluding carboxylic acids is 1. The van der Waals surface area contributed by atoms with E-state index in [0.29, 0.717) is 37.3 Å². The molecular formula is C17H25N2O3+. The second-order valence-electron chi connectivity index (χ2n) is 6.69. The first-order chi connectivity index (χ1) is 10.6. The van der Waals surface area contributed by atoms with Gasteiger partial charge in [0.25, 0.3) is 5.91 Å². The molecule has 5 heteroatoms.